The third kappa shape index (κ3) is 3.24. The maximum atomic E-state index is 5.77. The van der Waals surface area contributed by atoms with Crippen LogP contribution in [0.1, 0.15) is 17.5 Å². The van der Waals surface area contributed by atoms with Gasteiger partial charge in [-0.1, -0.05) is 29.5 Å². The topological polar surface area (TPSA) is 59.9 Å². The Bertz CT molecular complexity index is 1090. The molecule has 5 nitrogen and oxygen atoms in total. The molecule has 0 atom stereocenters. The molecule has 0 saturated carbocycles. The molecule has 0 radical (unpaired) electrons. The lowest BCUT2D eigenvalue weighted by Crippen LogP contribution is -2.12. The summed E-state index contributed by atoms with van der Waals surface area (Å²) in [5.74, 6) is 1.03. The van der Waals surface area contributed by atoms with Crippen molar-refractivity contribution in [1.29, 1.82) is 0 Å². The Morgan fingerprint density at radius 2 is 2.15 bits per heavy atom. The Morgan fingerprint density at radius 1 is 1.15 bits per heavy atom. The molecular weight excluding hydrogens is 356 g/mol. The van der Waals surface area contributed by atoms with Gasteiger partial charge in [0.2, 0.25) is 0 Å². The second-order valence-electron chi connectivity index (χ2n) is 6.50. The van der Waals surface area contributed by atoms with Crippen LogP contribution >= 0.6 is 11.3 Å². The van der Waals surface area contributed by atoms with Gasteiger partial charge < -0.3 is 10.1 Å². The van der Waals surface area contributed by atoms with E-state index in [1.807, 2.05) is 12.1 Å². The standard InChI is InChI=1S/C21H18N4OS/c1-3-15(16-4-2-10-26-19(16)5-1)12-23-21-25-18-7-6-14(11-20(18)27-21)17-8-9-22-13-24-17/h1,3,5-9,11,13H,2,4,10,12H2,(H,23,25). The van der Waals surface area contributed by atoms with Crippen molar-refractivity contribution in [2.24, 2.45) is 0 Å². The molecule has 0 spiro atoms. The van der Waals surface area contributed by atoms with Crippen LogP contribution in [0.2, 0.25) is 0 Å². The highest BCUT2D eigenvalue weighted by Gasteiger charge is 2.14. The number of benzene rings is 2. The summed E-state index contributed by atoms with van der Waals surface area (Å²) >= 11 is 1.67. The van der Waals surface area contributed by atoms with E-state index in [4.69, 9.17) is 9.72 Å². The number of fused-ring (bicyclic) bond motifs is 2. The summed E-state index contributed by atoms with van der Waals surface area (Å²) in [7, 11) is 0. The minimum absolute atomic E-state index is 0.755. The summed E-state index contributed by atoms with van der Waals surface area (Å²) in [6, 6.07) is 14.4. The average molecular weight is 374 g/mol. The lowest BCUT2D eigenvalue weighted by molar-refractivity contribution is 0.287. The van der Waals surface area contributed by atoms with Gasteiger partial charge in [0.25, 0.3) is 0 Å². The van der Waals surface area contributed by atoms with E-state index in [1.165, 1.54) is 11.1 Å². The predicted molar refractivity (Wildman–Crippen MR) is 108 cm³/mol. The maximum Gasteiger partial charge on any atom is 0.184 e. The minimum atomic E-state index is 0.755. The van der Waals surface area contributed by atoms with Gasteiger partial charge in [-0.15, -0.1) is 0 Å². The van der Waals surface area contributed by atoms with E-state index in [0.717, 1.165) is 58.3 Å². The Labute approximate surface area is 161 Å². The van der Waals surface area contributed by atoms with Gasteiger partial charge in [0, 0.05) is 18.3 Å². The molecule has 0 unspecified atom stereocenters. The zero-order chi connectivity index (χ0) is 18.1. The Kier molecular flexibility index (Phi) is 4.18. The number of hydrogen-bond donors (Lipinski definition) is 1. The van der Waals surface area contributed by atoms with Crippen LogP contribution in [0.15, 0.2) is 55.0 Å². The monoisotopic (exact) mass is 374 g/mol. The molecule has 134 valence electrons. The summed E-state index contributed by atoms with van der Waals surface area (Å²) in [6.07, 6.45) is 5.49. The predicted octanol–water partition coefficient (Wildman–Crippen LogP) is 4.69. The normalized spacial score (nSPS) is 13.2. The first-order valence-corrected chi connectivity index (χ1v) is 9.83. The van der Waals surface area contributed by atoms with Crippen molar-refractivity contribution in [3.8, 4) is 17.0 Å². The molecule has 1 aliphatic heterocycles. The Morgan fingerprint density at radius 3 is 3.07 bits per heavy atom. The van der Waals surface area contributed by atoms with Crippen molar-refractivity contribution < 1.29 is 4.74 Å². The molecule has 1 aliphatic rings. The molecule has 6 heteroatoms. The second-order valence-corrected chi connectivity index (χ2v) is 7.53. The Balaban J connectivity index is 1.38. The lowest BCUT2D eigenvalue weighted by atomic mass is 10.00. The molecule has 4 aromatic rings. The van der Waals surface area contributed by atoms with Crippen LogP contribution in [0, 0.1) is 0 Å². The SMILES string of the molecule is c1cc(CNc2nc3ccc(-c4ccncn4)cc3s2)c2c(c1)OCCC2. The second kappa shape index (κ2) is 6.96. The van der Waals surface area contributed by atoms with E-state index in [-0.39, 0.29) is 0 Å². The molecule has 27 heavy (non-hydrogen) atoms. The maximum absolute atomic E-state index is 5.77. The number of nitrogens with zero attached hydrogens (tertiary/aromatic N) is 3. The van der Waals surface area contributed by atoms with E-state index in [2.05, 4.69) is 45.6 Å². The summed E-state index contributed by atoms with van der Waals surface area (Å²) < 4.78 is 6.91. The summed E-state index contributed by atoms with van der Waals surface area (Å²) in [6.45, 7) is 1.57. The van der Waals surface area contributed by atoms with Crippen LogP contribution in [-0.4, -0.2) is 21.6 Å². The van der Waals surface area contributed by atoms with Crippen LogP contribution < -0.4 is 10.1 Å². The number of aromatic nitrogens is 3. The van der Waals surface area contributed by atoms with Crippen molar-refractivity contribution in [3.63, 3.8) is 0 Å². The highest BCUT2D eigenvalue weighted by Crippen LogP contribution is 2.31. The molecule has 2 aromatic heterocycles. The van der Waals surface area contributed by atoms with Gasteiger partial charge in [0.05, 0.1) is 22.5 Å². The van der Waals surface area contributed by atoms with Crippen LogP contribution in [-0.2, 0) is 13.0 Å². The third-order valence-electron chi connectivity index (χ3n) is 4.75. The highest BCUT2D eigenvalue weighted by molar-refractivity contribution is 7.22. The van der Waals surface area contributed by atoms with Crippen LogP contribution in [0.4, 0.5) is 5.13 Å². The van der Waals surface area contributed by atoms with E-state index in [0.29, 0.717) is 0 Å². The number of nitrogens with one attached hydrogen (secondary N) is 1. The van der Waals surface area contributed by atoms with Gasteiger partial charge in [-0.05, 0) is 48.2 Å². The summed E-state index contributed by atoms with van der Waals surface area (Å²) in [5.41, 5.74) is 5.61. The average Bonchev–Trinajstić information content (AvgIpc) is 3.15. The Hall–Kier alpha value is -2.99. The zero-order valence-corrected chi connectivity index (χ0v) is 15.5. The summed E-state index contributed by atoms with van der Waals surface area (Å²) in [5, 5.41) is 4.42. The van der Waals surface area contributed by atoms with Gasteiger partial charge >= 0.3 is 0 Å². The van der Waals surface area contributed by atoms with Crippen LogP contribution in [0.3, 0.4) is 0 Å². The number of rotatable bonds is 4. The van der Waals surface area contributed by atoms with Crippen molar-refractivity contribution in [2.45, 2.75) is 19.4 Å². The molecule has 0 bridgehead atoms. The smallest absolute Gasteiger partial charge is 0.184 e. The van der Waals surface area contributed by atoms with Crippen molar-refractivity contribution in [3.05, 3.63) is 66.1 Å². The molecule has 2 aromatic carbocycles. The lowest BCUT2D eigenvalue weighted by Gasteiger charge is -2.20. The van der Waals surface area contributed by atoms with Crippen LogP contribution in [0.5, 0.6) is 5.75 Å². The fourth-order valence-electron chi connectivity index (χ4n) is 3.42. The van der Waals surface area contributed by atoms with Gasteiger partial charge in [0.1, 0.15) is 12.1 Å². The van der Waals surface area contributed by atoms with Crippen molar-refractivity contribution in [2.75, 3.05) is 11.9 Å². The number of ether oxygens (including phenoxy) is 1. The van der Waals surface area contributed by atoms with Gasteiger partial charge in [-0.2, -0.15) is 0 Å². The fourth-order valence-corrected chi connectivity index (χ4v) is 4.32. The molecule has 1 N–H and O–H groups in total. The third-order valence-corrected chi connectivity index (χ3v) is 5.73. The van der Waals surface area contributed by atoms with E-state index >= 15 is 0 Å². The van der Waals surface area contributed by atoms with E-state index in [9.17, 15) is 0 Å². The summed E-state index contributed by atoms with van der Waals surface area (Å²) in [4.78, 5) is 13.0. The van der Waals surface area contributed by atoms with Gasteiger partial charge in [0.15, 0.2) is 5.13 Å². The van der Waals surface area contributed by atoms with E-state index in [1.54, 1.807) is 23.9 Å². The first kappa shape index (κ1) is 16.2. The fraction of sp³-hybridized carbons (Fsp3) is 0.190. The van der Waals surface area contributed by atoms with Crippen LogP contribution in [0.25, 0.3) is 21.5 Å². The number of hydrogen-bond acceptors (Lipinski definition) is 6. The van der Waals surface area contributed by atoms with E-state index < -0.39 is 0 Å². The zero-order valence-electron chi connectivity index (χ0n) is 14.7. The van der Waals surface area contributed by atoms with Crippen molar-refractivity contribution >= 4 is 26.7 Å². The quantitative estimate of drug-likeness (QED) is 0.561. The number of thiazole rings is 1. The molecule has 0 fully saturated rings. The highest BCUT2D eigenvalue weighted by atomic mass is 32.1. The largest absolute Gasteiger partial charge is 0.493 e. The first-order valence-electron chi connectivity index (χ1n) is 9.01. The molecule has 3 heterocycles. The van der Waals surface area contributed by atoms with Crippen molar-refractivity contribution in [1.82, 2.24) is 15.0 Å². The van der Waals surface area contributed by atoms with Gasteiger partial charge in [-0.3, -0.25) is 0 Å². The molecular formula is C21H18N4OS. The minimum Gasteiger partial charge on any atom is -0.493 e. The van der Waals surface area contributed by atoms with Gasteiger partial charge in [-0.25, -0.2) is 15.0 Å². The molecule has 0 amide bonds. The first-order chi connectivity index (χ1) is 13.4. The number of anilines is 1. The molecule has 0 saturated heterocycles. The molecule has 5 rings (SSSR count). The molecule has 0 aliphatic carbocycles.